The van der Waals surface area contributed by atoms with Crippen molar-refractivity contribution in [3.8, 4) is 0 Å². The zero-order valence-corrected chi connectivity index (χ0v) is 11.9. The summed E-state index contributed by atoms with van der Waals surface area (Å²) in [5, 5.41) is 3.26. The van der Waals surface area contributed by atoms with Gasteiger partial charge in [0.05, 0.1) is 12.5 Å². The summed E-state index contributed by atoms with van der Waals surface area (Å²) in [5.74, 6) is -0.0732. The van der Waals surface area contributed by atoms with Crippen molar-refractivity contribution in [1.82, 2.24) is 0 Å². The molecule has 1 aromatic carbocycles. The normalized spacial score (nSPS) is 30.7. The first-order valence-corrected chi connectivity index (χ1v) is 7.16. The fraction of sp³-hybridized carbons (Fsp3) is 0.462. The van der Waals surface area contributed by atoms with Gasteiger partial charge in [0.25, 0.3) is 0 Å². The summed E-state index contributed by atoms with van der Waals surface area (Å²) in [7, 11) is 0. The molecule has 0 unspecified atom stereocenters. The molecule has 2 aliphatic heterocycles. The fourth-order valence-corrected chi connectivity index (χ4v) is 2.84. The first kappa shape index (κ1) is 12.2. The quantitative estimate of drug-likeness (QED) is 0.651. The molecule has 5 heteroatoms. The van der Waals surface area contributed by atoms with E-state index >= 15 is 0 Å². The smallest absolute Gasteiger partial charge is 0.331 e. The Morgan fingerprint density at radius 3 is 2.83 bits per heavy atom. The molecular formula is C13H14INO3. The van der Waals surface area contributed by atoms with Crippen molar-refractivity contribution in [3.05, 3.63) is 27.8 Å². The summed E-state index contributed by atoms with van der Waals surface area (Å²) in [4.78, 5) is 11.8. The van der Waals surface area contributed by atoms with Crippen LogP contribution in [-0.2, 0) is 14.3 Å². The largest absolute Gasteiger partial charge is 0.434 e. The second-order valence-corrected chi connectivity index (χ2v) is 5.86. The van der Waals surface area contributed by atoms with Gasteiger partial charge in [-0.2, -0.15) is 0 Å². The molecule has 0 spiro atoms. The number of ether oxygens (including phenoxy) is 2. The third-order valence-corrected chi connectivity index (χ3v) is 4.11. The number of nitrogens with one attached hydrogen (secondary N) is 1. The Kier molecular flexibility index (Phi) is 3.43. The van der Waals surface area contributed by atoms with E-state index in [1.54, 1.807) is 0 Å². The van der Waals surface area contributed by atoms with Gasteiger partial charge in [-0.15, -0.1) is 0 Å². The lowest BCUT2D eigenvalue weighted by molar-refractivity contribution is -0.174. The Morgan fingerprint density at radius 1 is 1.28 bits per heavy atom. The van der Waals surface area contributed by atoms with E-state index in [0.717, 1.165) is 18.5 Å². The van der Waals surface area contributed by atoms with E-state index in [4.69, 9.17) is 9.47 Å². The number of carbonyl (C=O) groups is 1. The van der Waals surface area contributed by atoms with Crippen LogP contribution in [-0.4, -0.2) is 24.9 Å². The average Bonchev–Trinajstić information content (AvgIpc) is 2.69. The van der Waals surface area contributed by atoms with E-state index in [0.29, 0.717) is 6.61 Å². The van der Waals surface area contributed by atoms with Crippen molar-refractivity contribution >= 4 is 34.2 Å². The van der Waals surface area contributed by atoms with Crippen LogP contribution in [0.2, 0.25) is 0 Å². The third-order valence-electron chi connectivity index (χ3n) is 3.39. The SMILES string of the molecule is O=C1O[C@H]2OCCC[C@H]2[C@H]1Nc1ccc(I)cc1. The second-order valence-electron chi connectivity index (χ2n) is 4.61. The summed E-state index contributed by atoms with van der Waals surface area (Å²) < 4.78 is 11.9. The predicted octanol–water partition coefficient (Wildman–Crippen LogP) is 2.38. The molecule has 1 aromatic rings. The summed E-state index contributed by atoms with van der Waals surface area (Å²) in [5.41, 5.74) is 0.948. The van der Waals surface area contributed by atoms with E-state index in [1.807, 2.05) is 24.3 Å². The maximum absolute atomic E-state index is 11.8. The number of anilines is 1. The molecule has 2 aliphatic rings. The summed E-state index contributed by atoms with van der Waals surface area (Å²) in [6, 6.07) is 7.70. The van der Waals surface area contributed by atoms with Crippen molar-refractivity contribution in [2.45, 2.75) is 25.2 Å². The molecular weight excluding hydrogens is 345 g/mol. The number of carbonyl (C=O) groups excluding carboxylic acids is 1. The number of benzene rings is 1. The Morgan fingerprint density at radius 2 is 2.06 bits per heavy atom. The Hall–Kier alpha value is -0.820. The molecule has 3 rings (SSSR count). The monoisotopic (exact) mass is 359 g/mol. The second kappa shape index (κ2) is 5.05. The van der Waals surface area contributed by atoms with E-state index in [9.17, 15) is 4.79 Å². The zero-order valence-electron chi connectivity index (χ0n) is 9.77. The molecule has 3 atom stereocenters. The number of hydrogen-bond donors (Lipinski definition) is 1. The van der Waals surface area contributed by atoms with Crippen LogP contribution >= 0.6 is 22.6 Å². The first-order valence-electron chi connectivity index (χ1n) is 6.08. The van der Waals surface area contributed by atoms with E-state index < -0.39 is 0 Å². The highest BCUT2D eigenvalue weighted by atomic mass is 127. The van der Waals surface area contributed by atoms with E-state index in [2.05, 4.69) is 27.9 Å². The minimum absolute atomic E-state index is 0.130. The number of halogens is 1. The van der Waals surface area contributed by atoms with Gasteiger partial charge in [0.15, 0.2) is 0 Å². The highest BCUT2D eigenvalue weighted by Crippen LogP contribution is 2.33. The van der Waals surface area contributed by atoms with Gasteiger partial charge in [-0.1, -0.05) is 0 Å². The van der Waals surface area contributed by atoms with Gasteiger partial charge in [0, 0.05) is 9.26 Å². The minimum atomic E-state index is -0.354. The first-order chi connectivity index (χ1) is 8.74. The molecule has 18 heavy (non-hydrogen) atoms. The van der Waals surface area contributed by atoms with Gasteiger partial charge in [0.1, 0.15) is 6.04 Å². The average molecular weight is 359 g/mol. The molecule has 0 amide bonds. The molecule has 0 aromatic heterocycles. The minimum Gasteiger partial charge on any atom is -0.434 e. The molecule has 2 fully saturated rings. The van der Waals surface area contributed by atoms with Crippen LogP contribution in [0.15, 0.2) is 24.3 Å². The van der Waals surface area contributed by atoms with Gasteiger partial charge in [-0.05, 0) is 59.7 Å². The lowest BCUT2D eigenvalue weighted by Gasteiger charge is -2.26. The third kappa shape index (κ3) is 2.33. The van der Waals surface area contributed by atoms with Crippen molar-refractivity contribution < 1.29 is 14.3 Å². The highest BCUT2D eigenvalue weighted by Gasteiger charge is 2.46. The molecule has 96 valence electrons. The highest BCUT2D eigenvalue weighted by molar-refractivity contribution is 14.1. The van der Waals surface area contributed by atoms with Crippen molar-refractivity contribution in [2.75, 3.05) is 11.9 Å². The number of hydrogen-bond acceptors (Lipinski definition) is 4. The van der Waals surface area contributed by atoms with Crippen molar-refractivity contribution in [1.29, 1.82) is 0 Å². The number of esters is 1. The van der Waals surface area contributed by atoms with Crippen molar-refractivity contribution in [2.24, 2.45) is 5.92 Å². The van der Waals surface area contributed by atoms with Gasteiger partial charge < -0.3 is 14.8 Å². The maximum atomic E-state index is 11.8. The number of fused-ring (bicyclic) bond motifs is 1. The lowest BCUT2D eigenvalue weighted by Crippen LogP contribution is -2.36. The Balaban J connectivity index is 1.75. The molecule has 0 bridgehead atoms. The van der Waals surface area contributed by atoms with Crippen LogP contribution in [0.25, 0.3) is 0 Å². The number of rotatable bonds is 2. The van der Waals surface area contributed by atoms with Gasteiger partial charge in [-0.3, -0.25) is 0 Å². The van der Waals surface area contributed by atoms with Crippen LogP contribution in [0.3, 0.4) is 0 Å². The van der Waals surface area contributed by atoms with E-state index in [-0.39, 0.29) is 24.2 Å². The van der Waals surface area contributed by atoms with Crippen molar-refractivity contribution in [3.63, 3.8) is 0 Å². The van der Waals surface area contributed by atoms with Gasteiger partial charge in [0.2, 0.25) is 6.29 Å². The molecule has 2 saturated heterocycles. The predicted molar refractivity (Wildman–Crippen MR) is 75.1 cm³/mol. The molecule has 0 saturated carbocycles. The van der Waals surface area contributed by atoms with Crippen LogP contribution in [0, 0.1) is 9.49 Å². The molecule has 1 N–H and O–H groups in total. The molecule has 0 radical (unpaired) electrons. The Labute approximate surface area is 119 Å². The Bertz CT molecular complexity index is 448. The topological polar surface area (TPSA) is 47.6 Å². The standard InChI is InChI=1S/C13H14INO3/c14-8-3-5-9(6-4-8)15-11-10-2-1-7-17-13(10)18-12(11)16/h3-6,10-11,13,15H,1-2,7H2/t10-,11+,13+/m0/s1. The molecule has 4 nitrogen and oxygen atoms in total. The lowest BCUT2D eigenvalue weighted by atomic mass is 9.94. The molecule has 2 heterocycles. The fourth-order valence-electron chi connectivity index (χ4n) is 2.48. The van der Waals surface area contributed by atoms with Gasteiger partial charge >= 0.3 is 5.97 Å². The van der Waals surface area contributed by atoms with Gasteiger partial charge in [-0.25, -0.2) is 4.79 Å². The summed E-state index contributed by atoms with van der Waals surface area (Å²) in [6.45, 7) is 0.685. The van der Waals surface area contributed by atoms with Crippen LogP contribution < -0.4 is 5.32 Å². The van der Waals surface area contributed by atoms with Crippen LogP contribution in [0.5, 0.6) is 0 Å². The van der Waals surface area contributed by atoms with E-state index in [1.165, 1.54) is 3.57 Å². The molecule has 0 aliphatic carbocycles. The van der Waals surface area contributed by atoms with Crippen LogP contribution in [0.1, 0.15) is 12.8 Å². The summed E-state index contributed by atoms with van der Waals surface area (Å²) in [6.07, 6.45) is 1.61. The zero-order chi connectivity index (χ0) is 12.5. The summed E-state index contributed by atoms with van der Waals surface area (Å²) >= 11 is 2.26. The van der Waals surface area contributed by atoms with Crippen LogP contribution in [0.4, 0.5) is 5.69 Å². The maximum Gasteiger partial charge on any atom is 0.331 e.